The van der Waals surface area contributed by atoms with Gasteiger partial charge in [-0.1, -0.05) is 45.5 Å². The van der Waals surface area contributed by atoms with Crippen molar-refractivity contribution in [1.82, 2.24) is 4.98 Å². The number of aromatic nitrogens is 1. The third-order valence-electron chi connectivity index (χ3n) is 2.93. The second kappa shape index (κ2) is 6.15. The molecule has 1 unspecified atom stereocenters. The third-order valence-corrected chi connectivity index (χ3v) is 4.04. The van der Waals surface area contributed by atoms with Gasteiger partial charge in [0.15, 0.2) is 11.4 Å². The molecule has 4 heteroatoms. The minimum absolute atomic E-state index is 0.303. The second-order valence-electron chi connectivity index (χ2n) is 4.91. The summed E-state index contributed by atoms with van der Waals surface area (Å²) in [4.78, 5) is 18.5. The van der Waals surface area contributed by atoms with Crippen LogP contribution in [0, 0.1) is 5.92 Å². The van der Waals surface area contributed by atoms with Gasteiger partial charge in [0.2, 0.25) is 0 Å². The van der Waals surface area contributed by atoms with Crippen LogP contribution in [0.4, 0.5) is 5.13 Å². The highest BCUT2D eigenvalue weighted by atomic mass is 32.1. The topological polar surface area (TPSA) is 33.2 Å². The van der Waals surface area contributed by atoms with Crippen LogP contribution in [0.1, 0.15) is 55.4 Å². The van der Waals surface area contributed by atoms with Gasteiger partial charge in [-0.15, -0.1) is 0 Å². The lowest BCUT2D eigenvalue weighted by Gasteiger charge is -2.19. The fraction of sp³-hybridized carbons (Fsp3) is 0.692. The number of aldehydes is 1. The summed E-state index contributed by atoms with van der Waals surface area (Å²) in [5, 5.41) is 0.955. The van der Waals surface area contributed by atoms with Gasteiger partial charge in [0.25, 0.3) is 0 Å². The predicted molar refractivity (Wildman–Crippen MR) is 74.3 cm³/mol. The Morgan fingerprint density at radius 3 is 2.47 bits per heavy atom. The molecular formula is C13H22N2OS. The maximum Gasteiger partial charge on any atom is 0.185 e. The van der Waals surface area contributed by atoms with Gasteiger partial charge in [0, 0.05) is 13.6 Å². The molecule has 0 saturated heterocycles. The fourth-order valence-corrected chi connectivity index (χ4v) is 2.67. The van der Waals surface area contributed by atoms with E-state index in [-0.39, 0.29) is 0 Å². The van der Waals surface area contributed by atoms with E-state index in [1.807, 2.05) is 7.05 Å². The zero-order valence-corrected chi connectivity index (χ0v) is 12.2. The van der Waals surface area contributed by atoms with E-state index in [4.69, 9.17) is 0 Å². The molecule has 17 heavy (non-hydrogen) atoms. The summed E-state index contributed by atoms with van der Waals surface area (Å²) < 4.78 is 0. The number of rotatable bonds is 6. The maximum atomic E-state index is 11.0. The molecule has 1 heterocycles. The van der Waals surface area contributed by atoms with Crippen LogP contribution in [0.2, 0.25) is 0 Å². The van der Waals surface area contributed by atoms with Crippen LogP contribution in [0.25, 0.3) is 0 Å². The highest BCUT2D eigenvalue weighted by molar-refractivity contribution is 7.17. The Morgan fingerprint density at radius 2 is 2.06 bits per heavy atom. The molecule has 96 valence electrons. The van der Waals surface area contributed by atoms with Gasteiger partial charge in [-0.3, -0.25) is 4.79 Å². The van der Waals surface area contributed by atoms with Crippen LogP contribution in [0.3, 0.4) is 0 Å². The van der Waals surface area contributed by atoms with Crippen molar-refractivity contribution in [3.05, 3.63) is 10.6 Å². The molecule has 0 bridgehead atoms. The number of hydrogen-bond donors (Lipinski definition) is 0. The average Bonchev–Trinajstić information content (AvgIpc) is 2.72. The van der Waals surface area contributed by atoms with Gasteiger partial charge in [0.05, 0.1) is 10.6 Å². The molecule has 1 rings (SSSR count). The van der Waals surface area contributed by atoms with E-state index in [1.54, 1.807) is 0 Å². The lowest BCUT2D eigenvalue weighted by atomic mass is 10.1. The van der Waals surface area contributed by atoms with Crippen molar-refractivity contribution in [2.45, 2.75) is 40.0 Å². The van der Waals surface area contributed by atoms with Crippen molar-refractivity contribution in [1.29, 1.82) is 0 Å². The zero-order chi connectivity index (χ0) is 13.0. The summed E-state index contributed by atoms with van der Waals surface area (Å²) in [6, 6.07) is 0. The second-order valence-corrected chi connectivity index (χ2v) is 5.92. The predicted octanol–water partition coefficient (Wildman–Crippen LogP) is 3.56. The van der Waals surface area contributed by atoms with E-state index in [0.29, 0.717) is 11.8 Å². The Hall–Kier alpha value is -0.900. The molecule has 0 fully saturated rings. The number of anilines is 1. The quantitative estimate of drug-likeness (QED) is 0.728. The molecule has 0 saturated carbocycles. The lowest BCUT2D eigenvalue weighted by Crippen LogP contribution is -2.23. The first-order valence-corrected chi connectivity index (χ1v) is 6.98. The summed E-state index contributed by atoms with van der Waals surface area (Å²) in [5.41, 5.74) is 0.927. The van der Waals surface area contributed by atoms with Crippen molar-refractivity contribution in [2.75, 3.05) is 18.5 Å². The van der Waals surface area contributed by atoms with Crippen LogP contribution in [-0.4, -0.2) is 24.9 Å². The monoisotopic (exact) mass is 254 g/mol. The number of carbonyl (C=O) groups excluding carboxylic acids is 1. The van der Waals surface area contributed by atoms with Crippen LogP contribution in [0.15, 0.2) is 0 Å². The molecular weight excluding hydrogens is 232 g/mol. The van der Waals surface area contributed by atoms with E-state index < -0.39 is 0 Å². The van der Waals surface area contributed by atoms with Gasteiger partial charge >= 0.3 is 0 Å². The summed E-state index contributed by atoms with van der Waals surface area (Å²) in [6.07, 6.45) is 2.08. The Kier molecular flexibility index (Phi) is 5.12. The van der Waals surface area contributed by atoms with Crippen LogP contribution >= 0.6 is 11.3 Å². The minimum atomic E-state index is 0.303. The summed E-state index contributed by atoms with van der Waals surface area (Å²) in [5.74, 6) is 0.947. The summed E-state index contributed by atoms with van der Waals surface area (Å²) in [6.45, 7) is 9.55. The maximum absolute atomic E-state index is 11.0. The molecule has 0 N–H and O–H groups in total. The van der Waals surface area contributed by atoms with E-state index in [9.17, 15) is 4.79 Å². The van der Waals surface area contributed by atoms with E-state index >= 15 is 0 Å². The molecule has 0 radical (unpaired) electrons. The Bertz CT molecular complexity index is 373. The van der Waals surface area contributed by atoms with Gasteiger partial charge in [0.1, 0.15) is 0 Å². The first-order valence-electron chi connectivity index (χ1n) is 6.16. The Morgan fingerprint density at radius 1 is 1.41 bits per heavy atom. The van der Waals surface area contributed by atoms with Gasteiger partial charge in [-0.25, -0.2) is 4.98 Å². The van der Waals surface area contributed by atoms with Crippen LogP contribution in [0.5, 0.6) is 0 Å². The minimum Gasteiger partial charge on any atom is -0.351 e. The molecule has 0 aliphatic carbocycles. The number of hydrogen-bond acceptors (Lipinski definition) is 4. The third kappa shape index (κ3) is 3.53. The average molecular weight is 254 g/mol. The molecule has 0 amide bonds. The van der Waals surface area contributed by atoms with E-state index in [1.165, 1.54) is 11.3 Å². The Labute approximate surface area is 108 Å². The van der Waals surface area contributed by atoms with Crippen LogP contribution < -0.4 is 4.90 Å². The lowest BCUT2D eigenvalue weighted by molar-refractivity contribution is 0.112. The van der Waals surface area contributed by atoms with Crippen molar-refractivity contribution < 1.29 is 4.79 Å². The zero-order valence-electron chi connectivity index (χ0n) is 11.4. The molecule has 0 spiro atoms. The summed E-state index contributed by atoms with van der Waals surface area (Å²) in [7, 11) is 2.05. The highest BCUT2D eigenvalue weighted by Crippen LogP contribution is 2.29. The smallest absolute Gasteiger partial charge is 0.185 e. The standard InChI is InChI=1S/C13H22N2OS/c1-6-10(4)7-15(5)13-14-12(9(2)3)11(8-16)17-13/h8-10H,6-7H2,1-5H3. The number of nitrogens with zero attached hydrogens (tertiary/aromatic N) is 2. The molecule has 1 aromatic heterocycles. The molecule has 1 atom stereocenters. The first-order chi connectivity index (χ1) is 7.99. The van der Waals surface area contributed by atoms with E-state index in [2.05, 4.69) is 37.6 Å². The Balaban J connectivity index is 2.87. The largest absolute Gasteiger partial charge is 0.351 e. The fourth-order valence-electron chi connectivity index (χ4n) is 1.67. The number of thiazole rings is 1. The van der Waals surface area contributed by atoms with E-state index in [0.717, 1.165) is 35.0 Å². The molecule has 0 aliphatic heterocycles. The van der Waals surface area contributed by atoms with Crippen LogP contribution in [-0.2, 0) is 0 Å². The van der Waals surface area contributed by atoms with Crippen molar-refractivity contribution in [3.63, 3.8) is 0 Å². The van der Waals surface area contributed by atoms with Gasteiger partial charge in [-0.2, -0.15) is 0 Å². The highest BCUT2D eigenvalue weighted by Gasteiger charge is 2.16. The van der Waals surface area contributed by atoms with Crippen molar-refractivity contribution >= 4 is 22.8 Å². The molecule has 1 aromatic rings. The first kappa shape index (κ1) is 14.2. The van der Waals surface area contributed by atoms with Crippen molar-refractivity contribution in [2.24, 2.45) is 5.92 Å². The van der Waals surface area contributed by atoms with Gasteiger partial charge < -0.3 is 4.90 Å². The summed E-state index contributed by atoms with van der Waals surface area (Å²) >= 11 is 1.50. The molecule has 0 aliphatic rings. The normalized spacial score (nSPS) is 12.8. The number of carbonyl (C=O) groups is 1. The van der Waals surface area contributed by atoms with Crippen molar-refractivity contribution in [3.8, 4) is 0 Å². The SMILES string of the molecule is CCC(C)CN(C)c1nc(C(C)C)c(C=O)s1. The molecule has 0 aromatic carbocycles. The van der Waals surface area contributed by atoms with Gasteiger partial charge in [-0.05, 0) is 11.8 Å². The molecule has 3 nitrogen and oxygen atoms in total.